The monoisotopic (exact) mass is 935 g/mol. The second-order valence-electron chi connectivity index (χ2n) is 20.2. The third-order valence-electron chi connectivity index (χ3n) is 14.9. The average Bonchev–Trinajstić information content (AvgIpc) is 3.24. The zero-order valence-corrected chi connectivity index (χ0v) is 41.1. The lowest BCUT2D eigenvalue weighted by atomic mass is 9.84. The van der Waals surface area contributed by atoms with Crippen LogP contribution < -0.4 is 0 Å². The number of esters is 2. The van der Waals surface area contributed by atoms with E-state index in [1.165, 1.54) is 11.1 Å². The molecule has 0 radical (unpaired) electrons. The molecule has 66 heavy (non-hydrogen) atoms. The van der Waals surface area contributed by atoms with E-state index in [9.17, 15) is 14.4 Å². The van der Waals surface area contributed by atoms with Crippen LogP contribution in [0.15, 0.2) is 24.3 Å². The first-order valence-corrected chi connectivity index (χ1v) is 24.7. The molecule has 1 aromatic rings. The number of benzene rings is 1. The van der Waals surface area contributed by atoms with Crippen LogP contribution in [0.25, 0.3) is 0 Å². The second kappa shape index (κ2) is 26.2. The van der Waals surface area contributed by atoms with Gasteiger partial charge in [0.05, 0.1) is 127 Å². The molecule has 0 saturated carbocycles. The van der Waals surface area contributed by atoms with Crippen LogP contribution in [-0.4, -0.2) is 137 Å². The standard InChI is InChI=1S/C20H30O4.C18H30O6.C13H22O5/c1-3-19(13-23-14-19)11-21-9-17-5-7-18(8-6-17)10-22-12-20(4-2)15-24-16-20;1-3-17(9-21-10-17)13-23-15(19)7-5-6-8-16(20)24-14-18(4-2)11-22-12-18;1-3-12(5-15-6-12)9-17-11(14)18-10-13(4-2)7-16-8-13/h5-8H,3-4,9-16H2,1-2H3;3-14H2,1-2H3;3-10H2,1-2H3. The Morgan fingerprint density at radius 1 is 0.394 bits per heavy atom. The summed E-state index contributed by atoms with van der Waals surface area (Å²) in [7, 11) is 0. The summed E-state index contributed by atoms with van der Waals surface area (Å²) in [5.41, 5.74) is 3.02. The molecule has 6 aliphatic heterocycles. The molecule has 0 unspecified atom stereocenters. The molecule has 6 saturated heterocycles. The molecule has 0 aromatic heterocycles. The van der Waals surface area contributed by atoms with Gasteiger partial charge in [0.25, 0.3) is 0 Å². The predicted molar refractivity (Wildman–Crippen MR) is 245 cm³/mol. The SMILES string of the molecule is CCC1(COC(=O)CCCCC(=O)OCC2(CC)COC2)COC1.CCC1(COC(=O)OCC2(CC)COC2)COC1.CCC1(COCc2ccc(COCC3(CC)COC3)cc2)COC1. The highest BCUT2D eigenvalue weighted by Gasteiger charge is 2.42. The van der Waals surface area contributed by atoms with E-state index in [2.05, 4.69) is 65.8 Å². The van der Waals surface area contributed by atoms with Gasteiger partial charge in [-0.1, -0.05) is 65.8 Å². The minimum atomic E-state index is -0.575. The molecule has 6 aliphatic rings. The van der Waals surface area contributed by atoms with Gasteiger partial charge in [-0.15, -0.1) is 0 Å². The Hall–Kier alpha value is -2.89. The molecule has 376 valence electrons. The molecule has 0 atom stereocenters. The van der Waals surface area contributed by atoms with Gasteiger partial charge in [0, 0.05) is 23.7 Å². The Morgan fingerprint density at radius 3 is 0.864 bits per heavy atom. The number of carbonyl (C=O) groups is 3. The van der Waals surface area contributed by atoms with Crippen molar-refractivity contribution in [1.82, 2.24) is 0 Å². The number of hydrogen-bond donors (Lipinski definition) is 0. The summed E-state index contributed by atoms with van der Waals surface area (Å²) in [5.74, 6) is -0.390. The fraction of sp³-hybridized carbons (Fsp3) is 0.824. The fourth-order valence-corrected chi connectivity index (χ4v) is 7.80. The Balaban J connectivity index is 0.000000188. The number of hydrogen-bond acceptors (Lipinski definition) is 15. The van der Waals surface area contributed by atoms with Gasteiger partial charge in [0.1, 0.15) is 26.4 Å². The third kappa shape index (κ3) is 15.8. The highest BCUT2D eigenvalue weighted by Crippen LogP contribution is 2.36. The van der Waals surface area contributed by atoms with E-state index in [1.54, 1.807) is 0 Å². The maximum absolute atomic E-state index is 11.7. The highest BCUT2D eigenvalue weighted by molar-refractivity contribution is 5.70. The summed E-state index contributed by atoms with van der Waals surface area (Å²) in [4.78, 5) is 35.0. The van der Waals surface area contributed by atoms with E-state index in [4.69, 9.17) is 56.8 Å². The van der Waals surface area contributed by atoms with Crippen LogP contribution in [0.3, 0.4) is 0 Å². The Bertz CT molecular complexity index is 1440. The predicted octanol–water partition coefficient (Wildman–Crippen LogP) is 8.05. The van der Waals surface area contributed by atoms with E-state index >= 15 is 0 Å². The molecular weight excluding hydrogens is 853 g/mol. The lowest BCUT2D eigenvalue weighted by molar-refractivity contribution is -0.172. The largest absolute Gasteiger partial charge is 0.508 e. The Kier molecular flexibility index (Phi) is 21.4. The molecule has 1 aromatic carbocycles. The lowest BCUT2D eigenvalue weighted by Crippen LogP contribution is -2.47. The Morgan fingerprint density at radius 2 is 0.636 bits per heavy atom. The van der Waals surface area contributed by atoms with Crippen molar-refractivity contribution in [2.24, 2.45) is 32.5 Å². The number of unbranched alkanes of at least 4 members (excludes halogenated alkanes) is 1. The molecule has 15 heteroatoms. The lowest BCUT2D eigenvalue weighted by Gasteiger charge is -2.41. The minimum absolute atomic E-state index is 0.0149. The van der Waals surface area contributed by atoms with Gasteiger partial charge < -0.3 is 56.8 Å². The van der Waals surface area contributed by atoms with Crippen molar-refractivity contribution in [3.63, 3.8) is 0 Å². The van der Waals surface area contributed by atoms with E-state index in [1.807, 2.05) is 0 Å². The fourth-order valence-electron chi connectivity index (χ4n) is 7.80. The molecule has 0 bridgehead atoms. The minimum Gasteiger partial charge on any atom is -0.465 e. The van der Waals surface area contributed by atoms with Gasteiger partial charge in [-0.3, -0.25) is 9.59 Å². The normalized spacial score (nSPS) is 21.6. The van der Waals surface area contributed by atoms with Gasteiger partial charge >= 0.3 is 18.1 Å². The first kappa shape index (κ1) is 54.1. The summed E-state index contributed by atoms with van der Waals surface area (Å²) in [6, 6.07) is 8.54. The van der Waals surface area contributed by atoms with Crippen molar-refractivity contribution in [3.8, 4) is 0 Å². The van der Waals surface area contributed by atoms with Crippen LogP contribution in [0.5, 0.6) is 0 Å². The zero-order chi connectivity index (χ0) is 47.4. The molecule has 0 N–H and O–H groups in total. The van der Waals surface area contributed by atoms with E-state index in [0.29, 0.717) is 118 Å². The summed E-state index contributed by atoms with van der Waals surface area (Å²) < 4.78 is 64.2. The first-order chi connectivity index (χ1) is 31.9. The highest BCUT2D eigenvalue weighted by atomic mass is 16.7. The van der Waals surface area contributed by atoms with Gasteiger partial charge in [-0.05, 0) is 62.5 Å². The van der Waals surface area contributed by atoms with Crippen molar-refractivity contribution in [2.45, 2.75) is 119 Å². The molecule has 0 amide bonds. The molecule has 7 rings (SSSR count). The molecular formula is C51H82O15. The van der Waals surface area contributed by atoms with Crippen molar-refractivity contribution in [1.29, 1.82) is 0 Å². The average molecular weight is 935 g/mol. The topological polar surface area (TPSA) is 162 Å². The molecule has 0 spiro atoms. The van der Waals surface area contributed by atoms with E-state index < -0.39 is 6.16 Å². The van der Waals surface area contributed by atoms with Gasteiger partial charge in [0.15, 0.2) is 0 Å². The Labute approximate surface area is 394 Å². The molecule has 15 nitrogen and oxygen atoms in total. The quantitative estimate of drug-likeness (QED) is 0.0473. The molecule has 0 aliphatic carbocycles. The second-order valence-corrected chi connectivity index (χ2v) is 20.2. The van der Waals surface area contributed by atoms with Crippen LogP contribution in [0.4, 0.5) is 4.79 Å². The van der Waals surface area contributed by atoms with Crippen LogP contribution in [0, 0.1) is 32.5 Å². The number of carbonyl (C=O) groups excluding carboxylic acids is 3. The van der Waals surface area contributed by atoms with Crippen LogP contribution in [-0.2, 0) is 79.6 Å². The maximum atomic E-state index is 11.7. The van der Waals surface area contributed by atoms with Crippen LogP contribution >= 0.6 is 0 Å². The maximum Gasteiger partial charge on any atom is 0.508 e. The van der Waals surface area contributed by atoms with Crippen molar-refractivity contribution in [2.75, 3.05) is 119 Å². The van der Waals surface area contributed by atoms with E-state index in [0.717, 1.165) is 78.2 Å². The van der Waals surface area contributed by atoms with Gasteiger partial charge in [0.2, 0.25) is 0 Å². The van der Waals surface area contributed by atoms with Crippen LogP contribution in [0.1, 0.15) is 117 Å². The first-order valence-electron chi connectivity index (χ1n) is 24.7. The van der Waals surface area contributed by atoms with Gasteiger partial charge in [-0.2, -0.15) is 0 Å². The zero-order valence-electron chi connectivity index (χ0n) is 41.1. The number of rotatable bonds is 27. The summed E-state index contributed by atoms with van der Waals surface area (Å²) >= 11 is 0. The molecule has 6 heterocycles. The van der Waals surface area contributed by atoms with Crippen LogP contribution in [0.2, 0.25) is 0 Å². The van der Waals surface area contributed by atoms with Crippen molar-refractivity contribution < 1.29 is 71.2 Å². The van der Waals surface area contributed by atoms with Crippen molar-refractivity contribution >= 4 is 18.1 Å². The van der Waals surface area contributed by atoms with Gasteiger partial charge in [-0.25, -0.2) is 4.79 Å². The summed E-state index contributed by atoms with van der Waals surface area (Å²) in [6.07, 6.45) is 7.46. The summed E-state index contributed by atoms with van der Waals surface area (Å²) in [5, 5.41) is 0. The number of ether oxygens (including phenoxy) is 12. The summed E-state index contributed by atoms with van der Waals surface area (Å²) in [6.45, 7) is 26.0. The molecule has 6 fully saturated rings. The smallest absolute Gasteiger partial charge is 0.465 e. The third-order valence-corrected chi connectivity index (χ3v) is 14.9. The van der Waals surface area contributed by atoms with Crippen molar-refractivity contribution in [3.05, 3.63) is 35.4 Å². The van der Waals surface area contributed by atoms with E-state index in [-0.39, 0.29) is 44.4 Å².